The summed E-state index contributed by atoms with van der Waals surface area (Å²) in [6.45, 7) is 3.62. The van der Waals surface area contributed by atoms with Gasteiger partial charge in [0.2, 0.25) is 5.13 Å². The minimum Gasteiger partial charge on any atom is -0.507 e. The van der Waals surface area contributed by atoms with E-state index in [1.54, 1.807) is 37.3 Å². The molecule has 5 rings (SSSR count). The van der Waals surface area contributed by atoms with Gasteiger partial charge in [-0.15, -0.1) is 10.2 Å². The topological polar surface area (TPSA) is 83.4 Å². The van der Waals surface area contributed by atoms with Crippen LogP contribution in [0.5, 0.6) is 0 Å². The quantitative estimate of drug-likeness (QED) is 0.0992. The second-order valence-electron chi connectivity index (χ2n) is 8.77. The first kappa shape index (κ1) is 25.7. The van der Waals surface area contributed by atoms with Crippen molar-refractivity contribution in [1.82, 2.24) is 10.2 Å². The first-order valence-electron chi connectivity index (χ1n) is 11.6. The van der Waals surface area contributed by atoms with Crippen LogP contribution in [0.25, 0.3) is 5.76 Å². The Balaban J connectivity index is 1.57. The van der Waals surface area contributed by atoms with Crippen LogP contribution in [0.15, 0.2) is 76.6 Å². The number of Topliss-reactive ketones (excluding diaryl/α,β-unsaturated/α-hetero) is 1. The number of carbonyl (C=O) groups excluding carboxylic acids is 2. The number of halogens is 2. The van der Waals surface area contributed by atoms with Crippen molar-refractivity contribution in [2.45, 2.75) is 30.0 Å². The van der Waals surface area contributed by atoms with Crippen LogP contribution in [0.1, 0.15) is 33.9 Å². The van der Waals surface area contributed by atoms with Crippen LogP contribution in [-0.4, -0.2) is 27.0 Å². The van der Waals surface area contributed by atoms with E-state index in [9.17, 15) is 19.1 Å². The molecule has 6 nitrogen and oxygen atoms in total. The summed E-state index contributed by atoms with van der Waals surface area (Å²) in [6.07, 6.45) is 0. The van der Waals surface area contributed by atoms with Gasteiger partial charge in [-0.2, -0.15) is 0 Å². The number of amides is 1. The summed E-state index contributed by atoms with van der Waals surface area (Å²) in [6, 6.07) is 16.0. The standard InChI is InChI=1S/C28H21F2N3O3S2/c1-15-7-8-16(2)20(13-15)24(34)22-23(19-5-3-4-6-21(19)30)33(26(36)25(22)35)27-31-32-28(38-27)37-14-17-9-11-18(29)12-10-17/h3-13,23,34H,14H2,1-2H3. The summed E-state index contributed by atoms with van der Waals surface area (Å²) >= 11 is 2.40. The van der Waals surface area contributed by atoms with Crippen LogP contribution in [0.2, 0.25) is 0 Å². The third-order valence-electron chi connectivity index (χ3n) is 6.17. The van der Waals surface area contributed by atoms with Crippen molar-refractivity contribution in [3.05, 3.63) is 112 Å². The van der Waals surface area contributed by atoms with Crippen molar-refractivity contribution in [2.75, 3.05) is 4.90 Å². The van der Waals surface area contributed by atoms with E-state index >= 15 is 4.39 Å². The normalized spacial score (nSPS) is 16.8. The number of aliphatic hydroxyl groups excluding tert-OH is 1. The Morgan fingerprint density at radius 1 is 1.03 bits per heavy atom. The Morgan fingerprint density at radius 3 is 2.50 bits per heavy atom. The van der Waals surface area contributed by atoms with Crippen molar-refractivity contribution >= 4 is 45.7 Å². The monoisotopic (exact) mass is 549 g/mol. The molecule has 0 radical (unpaired) electrons. The van der Waals surface area contributed by atoms with Crippen molar-refractivity contribution in [3.63, 3.8) is 0 Å². The molecule has 1 saturated heterocycles. The summed E-state index contributed by atoms with van der Waals surface area (Å²) < 4.78 is 28.8. The number of benzene rings is 3. The van der Waals surface area contributed by atoms with Crippen LogP contribution in [0, 0.1) is 25.5 Å². The second-order valence-corrected chi connectivity index (χ2v) is 11.0. The van der Waals surface area contributed by atoms with Gasteiger partial charge in [0.15, 0.2) is 4.34 Å². The second kappa shape index (κ2) is 10.5. The van der Waals surface area contributed by atoms with Gasteiger partial charge in [-0.3, -0.25) is 14.5 Å². The molecule has 10 heteroatoms. The average molecular weight is 550 g/mol. The van der Waals surface area contributed by atoms with Crippen LogP contribution in [0.3, 0.4) is 0 Å². The Bertz CT molecular complexity index is 1580. The van der Waals surface area contributed by atoms with Crippen LogP contribution in [-0.2, 0) is 15.3 Å². The van der Waals surface area contributed by atoms with Gasteiger partial charge in [0.1, 0.15) is 23.4 Å². The number of carbonyl (C=O) groups is 2. The van der Waals surface area contributed by atoms with Gasteiger partial charge in [-0.25, -0.2) is 8.78 Å². The number of ketones is 1. The zero-order chi connectivity index (χ0) is 27.0. The molecule has 1 unspecified atom stereocenters. The SMILES string of the molecule is Cc1ccc(C)c(C(O)=C2C(=O)C(=O)N(c3nnc(SCc4ccc(F)cc4)s3)C2c2ccccc2F)c1. The highest BCUT2D eigenvalue weighted by atomic mass is 32.2. The van der Waals surface area contributed by atoms with Gasteiger partial charge in [-0.05, 0) is 49.2 Å². The number of hydrogen-bond acceptors (Lipinski definition) is 7. The maximum absolute atomic E-state index is 15.1. The third-order valence-corrected chi connectivity index (χ3v) is 8.30. The molecule has 1 N–H and O–H groups in total. The molecule has 2 heterocycles. The fourth-order valence-electron chi connectivity index (χ4n) is 4.24. The van der Waals surface area contributed by atoms with Gasteiger partial charge in [0, 0.05) is 16.9 Å². The lowest BCUT2D eigenvalue weighted by molar-refractivity contribution is -0.132. The average Bonchev–Trinajstić information content (AvgIpc) is 3.47. The Kier molecular flexibility index (Phi) is 7.09. The molecule has 1 amide bonds. The highest BCUT2D eigenvalue weighted by Gasteiger charge is 2.49. The molecule has 0 saturated carbocycles. The molecule has 1 aromatic heterocycles. The number of aromatic nitrogens is 2. The Morgan fingerprint density at radius 2 is 1.76 bits per heavy atom. The highest BCUT2D eigenvalue weighted by Crippen LogP contribution is 2.45. The lowest BCUT2D eigenvalue weighted by Gasteiger charge is -2.23. The third kappa shape index (κ3) is 4.84. The van der Waals surface area contributed by atoms with E-state index in [-0.39, 0.29) is 27.8 Å². The van der Waals surface area contributed by atoms with E-state index < -0.39 is 23.5 Å². The van der Waals surface area contributed by atoms with Gasteiger partial charge in [0.05, 0.1) is 5.57 Å². The zero-order valence-corrected chi connectivity index (χ0v) is 21.9. The summed E-state index contributed by atoms with van der Waals surface area (Å²) in [5.74, 6) is -2.73. The van der Waals surface area contributed by atoms with E-state index in [4.69, 9.17) is 0 Å². The molecular formula is C28H21F2N3O3S2. The van der Waals surface area contributed by atoms with E-state index in [2.05, 4.69) is 10.2 Å². The molecular weight excluding hydrogens is 528 g/mol. The molecule has 1 atom stereocenters. The van der Waals surface area contributed by atoms with Crippen molar-refractivity contribution in [3.8, 4) is 0 Å². The minimum absolute atomic E-state index is 0.0503. The minimum atomic E-state index is -1.24. The van der Waals surface area contributed by atoms with E-state index in [0.29, 0.717) is 21.2 Å². The zero-order valence-electron chi connectivity index (χ0n) is 20.3. The highest BCUT2D eigenvalue weighted by molar-refractivity contribution is 8.00. The maximum atomic E-state index is 15.1. The smallest absolute Gasteiger partial charge is 0.301 e. The molecule has 192 valence electrons. The first-order valence-corrected chi connectivity index (χ1v) is 13.4. The number of nitrogens with zero attached hydrogens (tertiary/aromatic N) is 3. The Hall–Kier alpha value is -3.89. The van der Waals surface area contributed by atoms with E-state index in [1.165, 1.54) is 42.1 Å². The number of aliphatic hydroxyl groups is 1. The molecule has 0 bridgehead atoms. The molecule has 38 heavy (non-hydrogen) atoms. The van der Waals surface area contributed by atoms with Gasteiger partial charge in [-0.1, -0.05) is 71.1 Å². The fourth-order valence-corrected chi connectivity index (χ4v) is 6.06. The van der Waals surface area contributed by atoms with Crippen molar-refractivity contribution in [2.24, 2.45) is 0 Å². The summed E-state index contributed by atoms with van der Waals surface area (Å²) in [5, 5.41) is 19.7. The number of aryl methyl sites for hydroxylation is 2. The molecule has 1 aliphatic rings. The molecule has 0 aliphatic carbocycles. The van der Waals surface area contributed by atoms with Gasteiger partial charge < -0.3 is 5.11 Å². The number of hydrogen-bond donors (Lipinski definition) is 1. The molecule has 0 spiro atoms. The summed E-state index contributed by atoms with van der Waals surface area (Å²) in [5.41, 5.74) is 2.63. The first-order chi connectivity index (χ1) is 18.2. The summed E-state index contributed by atoms with van der Waals surface area (Å²) in [7, 11) is 0. The molecule has 1 fully saturated rings. The van der Waals surface area contributed by atoms with E-state index in [0.717, 1.165) is 27.4 Å². The number of rotatable bonds is 6. The van der Waals surface area contributed by atoms with Crippen molar-refractivity contribution < 1.29 is 23.5 Å². The van der Waals surface area contributed by atoms with Gasteiger partial charge >= 0.3 is 5.91 Å². The van der Waals surface area contributed by atoms with Crippen LogP contribution in [0.4, 0.5) is 13.9 Å². The lowest BCUT2D eigenvalue weighted by atomic mass is 9.93. The van der Waals surface area contributed by atoms with Gasteiger partial charge in [0.25, 0.3) is 5.78 Å². The summed E-state index contributed by atoms with van der Waals surface area (Å²) in [4.78, 5) is 27.7. The fraction of sp³-hybridized carbons (Fsp3) is 0.143. The number of anilines is 1. The lowest BCUT2D eigenvalue weighted by Crippen LogP contribution is -2.29. The predicted molar refractivity (Wildman–Crippen MR) is 143 cm³/mol. The maximum Gasteiger partial charge on any atom is 0.301 e. The number of thioether (sulfide) groups is 1. The largest absolute Gasteiger partial charge is 0.507 e. The Labute approximate surface area is 225 Å². The molecule has 1 aliphatic heterocycles. The van der Waals surface area contributed by atoms with Crippen LogP contribution < -0.4 is 4.90 Å². The van der Waals surface area contributed by atoms with Crippen molar-refractivity contribution in [1.29, 1.82) is 0 Å². The van der Waals surface area contributed by atoms with Crippen LogP contribution >= 0.6 is 23.1 Å². The van der Waals surface area contributed by atoms with E-state index in [1.807, 2.05) is 13.0 Å². The predicted octanol–water partition coefficient (Wildman–Crippen LogP) is 6.35. The molecule has 3 aromatic carbocycles. The molecule has 4 aromatic rings.